The molecule has 12 heteroatoms. The van der Waals surface area contributed by atoms with E-state index in [4.69, 9.17) is 33.2 Å². The first kappa shape index (κ1) is 33.5. The fourth-order valence-electron chi connectivity index (χ4n) is 8.43. The monoisotopic (exact) mass is 625 g/mol. The number of cyclic esters (lactones) is 3. The zero-order valence-electron chi connectivity index (χ0n) is 27.4. The summed E-state index contributed by atoms with van der Waals surface area (Å²) in [6.45, 7) is 17.3. The summed E-state index contributed by atoms with van der Waals surface area (Å²) in [7, 11) is 0. The van der Waals surface area contributed by atoms with E-state index >= 15 is 0 Å². The quantitative estimate of drug-likeness (QED) is 0.355. The molecule has 5 aliphatic heterocycles. The van der Waals surface area contributed by atoms with Gasteiger partial charge in [0.15, 0.2) is 17.7 Å². The van der Waals surface area contributed by atoms with E-state index in [2.05, 4.69) is 11.8 Å². The average molecular weight is 626 g/mol. The number of ether oxygens (including phenoxy) is 7. The van der Waals surface area contributed by atoms with Crippen LogP contribution in [0.4, 0.5) is 4.79 Å². The van der Waals surface area contributed by atoms with Crippen molar-refractivity contribution in [3.63, 3.8) is 0 Å². The lowest BCUT2D eigenvalue weighted by atomic mass is 9.76. The second-order valence-corrected chi connectivity index (χ2v) is 14.1. The molecule has 0 saturated carbocycles. The maximum Gasteiger partial charge on any atom is 0.509 e. The molecule has 250 valence electrons. The SMILES string of the molecule is CC[C@H]1OC(=O)O[C@@]1(C)[C@@H]1OC(=O)[C@H](C)C(=O)[C@H](C)[C@@H](O[C@@H]2O[C@H](C)C[C@H](N3CCOCC3)[C@H]2O)[C@@]2(C)CC(C)C(O2)[C@@H]1C. The van der Waals surface area contributed by atoms with E-state index in [0.29, 0.717) is 45.6 Å². The van der Waals surface area contributed by atoms with Crippen LogP contribution in [0.15, 0.2) is 0 Å². The van der Waals surface area contributed by atoms with Crippen molar-refractivity contribution in [3.8, 4) is 0 Å². The molecule has 44 heavy (non-hydrogen) atoms. The zero-order valence-corrected chi connectivity index (χ0v) is 27.4. The third-order valence-corrected chi connectivity index (χ3v) is 10.7. The lowest BCUT2D eigenvalue weighted by Crippen LogP contribution is -2.60. The Labute approximate surface area is 260 Å². The predicted molar refractivity (Wildman–Crippen MR) is 155 cm³/mol. The van der Waals surface area contributed by atoms with Crippen LogP contribution in [0.3, 0.4) is 0 Å². The van der Waals surface area contributed by atoms with E-state index in [1.807, 2.05) is 27.7 Å². The molecule has 5 rings (SSSR count). The number of hydrogen-bond donors (Lipinski definition) is 1. The Bertz CT molecular complexity index is 1080. The molecule has 14 atom stereocenters. The minimum absolute atomic E-state index is 0.0274. The number of morpholine rings is 1. The second-order valence-electron chi connectivity index (χ2n) is 14.1. The van der Waals surface area contributed by atoms with E-state index in [1.54, 1.807) is 13.8 Å². The summed E-state index contributed by atoms with van der Waals surface area (Å²) in [5.74, 6) is -3.44. The first-order chi connectivity index (χ1) is 20.7. The molecule has 5 heterocycles. The van der Waals surface area contributed by atoms with Gasteiger partial charge in [0.25, 0.3) is 0 Å². The van der Waals surface area contributed by atoms with Gasteiger partial charge in [-0.3, -0.25) is 14.5 Å². The van der Waals surface area contributed by atoms with E-state index in [-0.39, 0.29) is 23.8 Å². The minimum Gasteiger partial charge on any atom is -0.457 e. The number of carbonyl (C=O) groups excluding carboxylic acids is 3. The Morgan fingerprint density at radius 2 is 1.70 bits per heavy atom. The molecule has 0 aromatic rings. The van der Waals surface area contributed by atoms with E-state index < -0.39 is 77.9 Å². The standard InChI is InChI=1S/C32H51NO11/c1-9-22-32(8,44-30(37)40-22)27-20(6)25-16(2)15-31(7,43-25)26(18(4)23(34)19(5)28(36)41-27)42-29-24(35)21(14-17(3)39-29)33-10-12-38-13-11-33/h16-22,24-27,29,35H,9-15H2,1-8H3/t16?,17-,18+,19-,20+,21+,22-,24-,25?,26-,27-,29+,31-,32-/m1/s1. The lowest BCUT2D eigenvalue weighted by Gasteiger charge is -2.47. The van der Waals surface area contributed by atoms with Crippen LogP contribution in [0, 0.1) is 23.7 Å². The summed E-state index contributed by atoms with van der Waals surface area (Å²) in [6, 6.07) is -0.191. The number of rotatable bonds is 5. The fraction of sp³-hybridized carbons (Fsp3) is 0.906. The number of ketones is 1. The van der Waals surface area contributed by atoms with Gasteiger partial charge in [-0.15, -0.1) is 0 Å². The van der Waals surface area contributed by atoms with Gasteiger partial charge in [-0.25, -0.2) is 4.79 Å². The van der Waals surface area contributed by atoms with E-state index in [9.17, 15) is 19.5 Å². The topological polar surface area (TPSA) is 139 Å². The average Bonchev–Trinajstić information content (AvgIpc) is 3.47. The molecule has 5 aliphatic rings. The Hall–Kier alpha value is -1.83. The number of hydrogen-bond acceptors (Lipinski definition) is 12. The normalized spacial score (nSPS) is 49.2. The summed E-state index contributed by atoms with van der Waals surface area (Å²) in [4.78, 5) is 42.1. The van der Waals surface area contributed by atoms with Crippen LogP contribution in [0.1, 0.15) is 74.7 Å². The number of carbonyl (C=O) groups is 3. The highest BCUT2D eigenvalue weighted by molar-refractivity contribution is 6.00. The van der Waals surface area contributed by atoms with Crippen LogP contribution >= 0.6 is 0 Å². The number of esters is 1. The molecule has 0 radical (unpaired) electrons. The summed E-state index contributed by atoms with van der Waals surface area (Å²) in [6.07, 6.45) is -4.15. The molecule has 12 nitrogen and oxygen atoms in total. The highest BCUT2D eigenvalue weighted by atomic mass is 16.8. The predicted octanol–water partition coefficient (Wildman–Crippen LogP) is 2.86. The number of aliphatic hydroxyl groups is 1. The lowest BCUT2D eigenvalue weighted by molar-refractivity contribution is -0.298. The number of fused-ring (bicyclic) bond motifs is 2. The molecule has 0 amide bonds. The van der Waals surface area contributed by atoms with Gasteiger partial charge in [0.2, 0.25) is 0 Å². The Kier molecular flexibility index (Phi) is 9.72. The van der Waals surface area contributed by atoms with Crippen molar-refractivity contribution in [1.82, 2.24) is 4.90 Å². The molecule has 0 aliphatic carbocycles. The van der Waals surface area contributed by atoms with Crippen LogP contribution in [0.2, 0.25) is 0 Å². The first-order valence-corrected chi connectivity index (χ1v) is 16.3. The van der Waals surface area contributed by atoms with Crippen LogP contribution in [-0.4, -0.2) is 114 Å². The summed E-state index contributed by atoms with van der Waals surface area (Å²) in [5.41, 5.74) is -2.23. The molecular weight excluding hydrogens is 574 g/mol. The summed E-state index contributed by atoms with van der Waals surface area (Å²) < 4.78 is 42.5. The van der Waals surface area contributed by atoms with Crippen LogP contribution in [0.25, 0.3) is 0 Å². The van der Waals surface area contributed by atoms with Gasteiger partial charge in [0, 0.05) is 31.0 Å². The largest absolute Gasteiger partial charge is 0.509 e. The van der Waals surface area contributed by atoms with Gasteiger partial charge in [0.05, 0.1) is 37.1 Å². The van der Waals surface area contributed by atoms with Crippen molar-refractivity contribution in [1.29, 1.82) is 0 Å². The third-order valence-electron chi connectivity index (χ3n) is 10.7. The molecule has 2 unspecified atom stereocenters. The van der Waals surface area contributed by atoms with Crippen LogP contribution < -0.4 is 0 Å². The van der Waals surface area contributed by atoms with Gasteiger partial charge < -0.3 is 38.3 Å². The third kappa shape index (κ3) is 6.02. The molecule has 0 aromatic carbocycles. The highest BCUT2D eigenvalue weighted by Crippen LogP contribution is 2.48. The molecule has 1 N–H and O–H groups in total. The Morgan fingerprint density at radius 3 is 2.36 bits per heavy atom. The van der Waals surface area contributed by atoms with Crippen LogP contribution in [-0.2, 0) is 42.7 Å². The van der Waals surface area contributed by atoms with Gasteiger partial charge in [-0.2, -0.15) is 0 Å². The van der Waals surface area contributed by atoms with Crippen molar-refractivity contribution in [2.75, 3.05) is 26.3 Å². The maximum atomic E-state index is 14.0. The second kappa shape index (κ2) is 12.8. The van der Waals surface area contributed by atoms with Gasteiger partial charge >= 0.3 is 12.1 Å². The van der Waals surface area contributed by atoms with Crippen molar-refractivity contribution in [3.05, 3.63) is 0 Å². The van der Waals surface area contributed by atoms with Crippen LogP contribution in [0.5, 0.6) is 0 Å². The van der Waals surface area contributed by atoms with E-state index in [1.165, 1.54) is 6.92 Å². The molecule has 5 saturated heterocycles. The Morgan fingerprint density at radius 1 is 1.02 bits per heavy atom. The molecular formula is C32H51NO11. The maximum absolute atomic E-state index is 14.0. The number of Topliss-reactive ketones (excluding diaryl/α,β-unsaturated/α-hetero) is 1. The van der Waals surface area contributed by atoms with Gasteiger partial charge in [-0.05, 0) is 52.9 Å². The summed E-state index contributed by atoms with van der Waals surface area (Å²) in [5, 5.41) is 11.6. The fourth-order valence-corrected chi connectivity index (χ4v) is 8.43. The Balaban J connectivity index is 1.48. The van der Waals surface area contributed by atoms with Crippen molar-refractivity contribution >= 4 is 17.9 Å². The molecule has 0 aromatic heterocycles. The zero-order chi connectivity index (χ0) is 32.1. The molecule has 5 fully saturated rings. The number of aliphatic hydroxyl groups excluding tert-OH is 1. The number of nitrogens with zero attached hydrogens (tertiary/aromatic N) is 1. The minimum atomic E-state index is -1.27. The van der Waals surface area contributed by atoms with E-state index in [0.717, 1.165) is 0 Å². The van der Waals surface area contributed by atoms with Gasteiger partial charge in [-0.1, -0.05) is 27.7 Å². The van der Waals surface area contributed by atoms with Crippen molar-refractivity contribution < 1.29 is 52.6 Å². The summed E-state index contributed by atoms with van der Waals surface area (Å²) >= 11 is 0. The van der Waals surface area contributed by atoms with Crippen molar-refractivity contribution in [2.24, 2.45) is 23.7 Å². The highest BCUT2D eigenvalue weighted by Gasteiger charge is 2.61. The van der Waals surface area contributed by atoms with Crippen molar-refractivity contribution in [2.45, 2.75) is 135 Å². The molecule has 2 bridgehead atoms. The first-order valence-electron chi connectivity index (χ1n) is 16.3. The van der Waals surface area contributed by atoms with Gasteiger partial charge in [0.1, 0.15) is 24.2 Å². The smallest absolute Gasteiger partial charge is 0.457 e. The molecule has 0 spiro atoms.